The highest BCUT2D eigenvalue weighted by Crippen LogP contribution is 2.31. The average molecular weight is 240 g/mol. The van der Waals surface area contributed by atoms with Crippen LogP contribution < -0.4 is 5.32 Å². The van der Waals surface area contributed by atoms with E-state index >= 15 is 0 Å². The summed E-state index contributed by atoms with van der Waals surface area (Å²) in [4.78, 5) is 14.1. The number of nitrogens with one attached hydrogen (secondary N) is 1. The molecule has 0 amide bonds. The van der Waals surface area contributed by atoms with Gasteiger partial charge < -0.3 is 5.32 Å². The molecular formula is C11H7F3N2O. The van der Waals surface area contributed by atoms with Crippen LogP contribution in [-0.2, 0) is 4.79 Å². The quantitative estimate of drug-likeness (QED) is 0.767. The Balaban J connectivity index is 2.58. The molecule has 1 heterocycles. The van der Waals surface area contributed by atoms with Crippen molar-refractivity contribution in [2.45, 2.75) is 6.18 Å². The first-order chi connectivity index (χ1) is 8.00. The van der Waals surface area contributed by atoms with Gasteiger partial charge in [-0.3, -0.25) is 4.79 Å². The fourth-order valence-electron chi connectivity index (χ4n) is 1.39. The fraction of sp³-hybridized carbons (Fsp3) is 0.0909. The number of alkyl halides is 3. The molecular weight excluding hydrogens is 233 g/mol. The Morgan fingerprint density at radius 1 is 1.24 bits per heavy atom. The van der Waals surface area contributed by atoms with E-state index in [1.54, 1.807) is 18.2 Å². The molecule has 0 saturated carbocycles. The molecule has 0 unspecified atom stereocenters. The number of allylic oxidation sites excluding steroid dienone is 2. The number of carbonyl (C=O) groups excluding carboxylic acids is 1. The number of para-hydroxylation sites is 2. The Kier molecular flexibility index (Phi) is 2.71. The molecule has 0 atom stereocenters. The van der Waals surface area contributed by atoms with E-state index in [0.717, 1.165) is 0 Å². The molecule has 0 bridgehead atoms. The fourth-order valence-corrected chi connectivity index (χ4v) is 1.39. The second kappa shape index (κ2) is 4.04. The van der Waals surface area contributed by atoms with Crippen LogP contribution in [0.2, 0.25) is 0 Å². The van der Waals surface area contributed by atoms with Gasteiger partial charge in [0.05, 0.1) is 17.1 Å². The maximum absolute atomic E-state index is 12.6. The number of aliphatic imine (C=N–C) groups is 1. The predicted molar refractivity (Wildman–Crippen MR) is 57.4 cm³/mol. The molecule has 1 aromatic carbocycles. The van der Waals surface area contributed by atoms with Crippen LogP contribution in [0.25, 0.3) is 0 Å². The summed E-state index contributed by atoms with van der Waals surface area (Å²) in [5, 5.41) is 2.59. The molecule has 0 fully saturated rings. The molecule has 0 radical (unpaired) electrons. The Bertz CT molecular complexity index is 518. The van der Waals surface area contributed by atoms with Crippen molar-refractivity contribution in [3.63, 3.8) is 0 Å². The third-order valence-electron chi connectivity index (χ3n) is 2.13. The first-order valence-corrected chi connectivity index (χ1v) is 4.69. The van der Waals surface area contributed by atoms with Gasteiger partial charge in [-0.05, 0) is 18.2 Å². The molecule has 3 nitrogen and oxygen atoms in total. The van der Waals surface area contributed by atoms with E-state index in [9.17, 15) is 18.0 Å². The standard InChI is InChI=1S/C11H7F3N2O/c12-11(13,14)10-5-7(6-17)15-8-3-1-2-4-9(8)16-10/h1-6,15H. The van der Waals surface area contributed by atoms with Crippen LogP contribution in [0.1, 0.15) is 0 Å². The zero-order chi connectivity index (χ0) is 12.5. The lowest BCUT2D eigenvalue weighted by Crippen LogP contribution is -2.21. The summed E-state index contributed by atoms with van der Waals surface area (Å²) >= 11 is 0. The van der Waals surface area contributed by atoms with E-state index in [-0.39, 0.29) is 11.4 Å². The first-order valence-electron chi connectivity index (χ1n) is 4.69. The topological polar surface area (TPSA) is 41.5 Å². The molecule has 0 saturated heterocycles. The summed E-state index contributed by atoms with van der Waals surface area (Å²) in [6.07, 6.45) is -3.58. The SMILES string of the molecule is O=CC1=CC(C(F)(F)F)=Nc2ccccc2N1. The third kappa shape index (κ3) is 2.35. The van der Waals surface area contributed by atoms with E-state index in [1.807, 2.05) is 0 Å². The summed E-state index contributed by atoms with van der Waals surface area (Å²) in [6.45, 7) is 0. The van der Waals surface area contributed by atoms with Crippen molar-refractivity contribution in [3.8, 4) is 0 Å². The zero-order valence-electron chi connectivity index (χ0n) is 8.45. The van der Waals surface area contributed by atoms with Crippen molar-refractivity contribution >= 4 is 23.4 Å². The minimum absolute atomic E-state index is 0.146. The summed E-state index contributed by atoms with van der Waals surface area (Å²) in [5.74, 6) is 0. The van der Waals surface area contributed by atoms with Gasteiger partial charge in [-0.15, -0.1) is 0 Å². The lowest BCUT2D eigenvalue weighted by molar-refractivity contribution is -0.104. The van der Waals surface area contributed by atoms with Crippen LogP contribution in [0.5, 0.6) is 0 Å². The molecule has 17 heavy (non-hydrogen) atoms. The molecule has 1 N–H and O–H groups in total. The van der Waals surface area contributed by atoms with Crippen LogP contribution in [-0.4, -0.2) is 18.2 Å². The minimum atomic E-state index is -4.59. The predicted octanol–water partition coefficient (Wildman–Crippen LogP) is 2.83. The smallest absolute Gasteiger partial charge is 0.351 e. The van der Waals surface area contributed by atoms with Gasteiger partial charge in [-0.2, -0.15) is 13.2 Å². The summed E-state index contributed by atoms with van der Waals surface area (Å²) in [5.41, 5.74) is -0.763. The molecule has 0 aromatic heterocycles. The van der Waals surface area contributed by atoms with Crippen molar-refractivity contribution in [3.05, 3.63) is 36.0 Å². The number of hydrogen-bond donors (Lipinski definition) is 1. The first kappa shape index (κ1) is 11.4. The number of halogens is 3. The van der Waals surface area contributed by atoms with Crippen LogP contribution >= 0.6 is 0 Å². The van der Waals surface area contributed by atoms with Gasteiger partial charge in [-0.25, -0.2) is 4.99 Å². The van der Waals surface area contributed by atoms with Crippen LogP contribution in [0.15, 0.2) is 41.0 Å². The zero-order valence-corrected chi connectivity index (χ0v) is 8.45. The lowest BCUT2D eigenvalue weighted by Gasteiger charge is -2.05. The van der Waals surface area contributed by atoms with Crippen molar-refractivity contribution in [1.82, 2.24) is 0 Å². The van der Waals surface area contributed by atoms with Gasteiger partial charge in [-0.1, -0.05) is 12.1 Å². The van der Waals surface area contributed by atoms with Gasteiger partial charge in [0.2, 0.25) is 0 Å². The Morgan fingerprint density at radius 2 is 1.94 bits per heavy atom. The molecule has 6 heteroatoms. The number of nitrogens with zero attached hydrogens (tertiary/aromatic N) is 1. The normalized spacial score (nSPS) is 15.0. The highest BCUT2D eigenvalue weighted by atomic mass is 19.4. The number of benzene rings is 1. The minimum Gasteiger partial charge on any atom is -0.351 e. The van der Waals surface area contributed by atoms with Gasteiger partial charge in [0, 0.05) is 0 Å². The highest BCUT2D eigenvalue weighted by molar-refractivity contribution is 6.07. The number of rotatable bonds is 1. The van der Waals surface area contributed by atoms with Crippen LogP contribution in [0.3, 0.4) is 0 Å². The van der Waals surface area contributed by atoms with Crippen molar-refractivity contribution in [2.24, 2.45) is 4.99 Å². The average Bonchev–Trinajstić information content (AvgIpc) is 2.46. The second-order valence-electron chi connectivity index (χ2n) is 3.35. The van der Waals surface area contributed by atoms with Gasteiger partial charge in [0.1, 0.15) is 5.71 Å². The number of anilines is 1. The Labute approximate surface area is 94.7 Å². The van der Waals surface area contributed by atoms with Crippen LogP contribution in [0, 0.1) is 0 Å². The summed E-state index contributed by atoms with van der Waals surface area (Å²) in [6, 6.07) is 6.21. The molecule has 0 spiro atoms. The van der Waals surface area contributed by atoms with E-state index in [2.05, 4.69) is 10.3 Å². The van der Waals surface area contributed by atoms with Crippen molar-refractivity contribution in [2.75, 3.05) is 5.32 Å². The Hall–Kier alpha value is -2.11. The van der Waals surface area contributed by atoms with Crippen molar-refractivity contribution in [1.29, 1.82) is 0 Å². The molecule has 1 aliphatic heterocycles. The van der Waals surface area contributed by atoms with Crippen LogP contribution in [0.4, 0.5) is 24.5 Å². The molecule has 1 aromatic rings. The maximum Gasteiger partial charge on any atom is 0.433 e. The van der Waals surface area contributed by atoms with Gasteiger partial charge in [0.15, 0.2) is 6.29 Å². The third-order valence-corrected chi connectivity index (χ3v) is 2.13. The molecule has 0 aliphatic carbocycles. The highest BCUT2D eigenvalue weighted by Gasteiger charge is 2.35. The molecule has 88 valence electrons. The molecule has 1 aliphatic rings. The van der Waals surface area contributed by atoms with Gasteiger partial charge in [0.25, 0.3) is 0 Å². The summed E-state index contributed by atoms with van der Waals surface area (Å²) < 4.78 is 37.8. The monoisotopic (exact) mass is 240 g/mol. The number of carbonyl (C=O) groups is 1. The van der Waals surface area contributed by atoms with E-state index < -0.39 is 11.9 Å². The maximum atomic E-state index is 12.6. The van der Waals surface area contributed by atoms with E-state index in [0.29, 0.717) is 18.0 Å². The number of aldehydes is 1. The largest absolute Gasteiger partial charge is 0.433 e. The summed E-state index contributed by atoms with van der Waals surface area (Å²) in [7, 11) is 0. The number of fused-ring (bicyclic) bond motifs is 1. The van der Waals surface area contributed by atoms with Crippen molar-refractivity contribution < 1.29 is 18.0 Å². The van der Waals surface area contributed by atoms with Gasteiger partial charge >= 0.3 is 6.18 Å². The lowest BCUT2D eigenvalue weighted by atomic mass is 10.2. The second-order valence-corrected chi connectivity index (χ2v) is 3.35. The molecule has 2 rings (SSSR count). The number of hydrogen-bond acceptors (Lipinski definition) is 3. The van der Waals surface area contributed by atoms with E-state index in [1.165, 1.54) is 6.07 Å². The Morgan fingerprint density at radius 3 is 2.59 bits per heavy atom. The van der Waals surface area contributed by atoms with E-state index in [4.69, 9.17) is 0 Å².